The molecule has 0 radical (unpaired) electrons. The van der Waals surface area contributed by atoms with Crippen molar-refractivity contribution in [1.82, 2.24) is 10.2 Å². The summed E-state index contributed by atoms with van der Waals surface area (Å²) in [5.74, 6) is 0.834. The van der Waals surface area contributed by atoms with Gasteiger partial charge in [-0.3, -0.25) is 0 Å². The predicted molar refractivity (Wildman–Crippen MR) is 61.5 cm³/mol. The average Bonchev–Trinajstić information content (AvgIpc) is 2.71. The molecule has 0 aromatic heterocycles. The van der Waals surface area contributed by atoms with Gasteiger partial charge in [-0.1, -0.05) is 12.1 Å². The van der Waals surface area contributed by atoms with Gasteiger partial charge in [0.1, 0.15) is 5.75 Å². The van der Waals surface area contributed by atoms with Crippen molar-refractivity contribution in [3.63, 3.8) is 0 Å². The number of likely N-dealkylation sites (N-methyl/N-ethyl adjacent to an activating group) is 1. The van der Waals surface area contributed by atoms with E-state index in [-0.39, 0.29) is 12.1 Å². The van der Waals surface area contributed by atoms with Gasteiger partial charge in [0.2, 0.25) is 0 Å². The standard InChI is InChI=1S/C12H16N2O2/c1-3-14-8-11(13-12(14)15)9-4-6-10(16-2)7-5-9/h4-7,11H,3,8H2,1-2H3,(H,13,15). The first kappa shape index (κ1) is 10.8. The molecule has 1 N–H and O–H groups in total. The van der Waals surface area contributed by atoms with Gasteiger partial charge in [-0.05, 0) is 24.6 Å². The number of amides is 2. The molecule has 1 atom stereocenters. The highest BCUT2D eigenvalue weighted by Gasteiger charge is 2.28. The maximum atomic E-state index is 11.5. The average molecular weight is 220 g/mol. The third kappa shape index (κ3) is 1.96. The van der Waals surface area contributed by atoms with Crippen LogP contribution in [0, 0.1) is 0 Å². The van der Waals surface area contributed by atoms with Crippen molar-refractivity contribution in [2.75, 3.05) is 20.2 Å². The van der Waals surface area contributed by atoms with Crippen LogP contribution in [0.1, 0.15) is 18.5 Å². The highest BCUT2D eigenvalue weighted by molar-refractivity contribution is 5.77. The number of methoxy groups -OCH3 is 1. The van der Waals surface area contributed by atoms with E-state index in [4.69, 9.17) is 4.74 Å². The molecular formula is C12H16N2O2. The first-order valence-electron chi connectivity index (χ1n) is 5.44. The van der Waals surface area contributed by atoms with Gasteiger partial charge in [0.15, 0.2) is 0 Å². The third-order valence-corrected chi connectivity index (χ3v) is 2.89. The molecule has 1 fully saturated rings. The van der Waals surface area contributed by atoms with Gasteiger partial charge in [-0.25, -0.2) is 4.79 Å². The second kappa shape index (κ2) is 4.43. The molecule has 2 rings (SSSR count). The minimum Gasteiger partial charge on any atom is -0.497 e. The van der Waals surface area contributed by atoms with Crippen molar-refractivity contribution in [3.05, 3.63) is 29.8 Å². The number of carbonyl (C=O) groups is 1. The highest BCUT2D eigenvalue weighted by atomic mass is 16.5. The zero-order chi connectivity index (χ0) is 11.5. The largest absolute Gasteiger partial charge is 0.497 e. The number of nitrogens with one attached hydrogen (secondary N) is 1. The summed E-state index contributed by atoms with van der Waals surface area (Å²) < 4.78 is 5.10. The van der Waals surface area contributed by atoms with Gasteiger partial charge < -0.3 is 15.0 Å². The van der Waals surface area contributed by atoms with Gasteiger partial charge in [0, 0.05) is 13.1 Å². The van der Waals surface area contributed by atoms with Crippen LogP contribution in [-0.2, 0) is 0 Å². The molecule has 0 saturated carbocycles. The number of urea groups is 1. The molecule has 1 aliphatic heterocycles. The zero-order valence-electron chi connectivity index (χ0n) is 9.56. The number of benzene rings is 1. The first-order valence-corrected chi connectivity index (χ1v) is 5.44. The van der Waals surface area contributed by atoms with E-state index in [1.165, 1.54) is 0 Å². The van der Waals surface area contributed by atoms with Crippen LogP contribution in [0.2, 0.25) is 0 Å². The fourth-order valence-electron chi connectivity index (χ4n) is 1.89. The lowest BCUT2D eigenvalue weighted by atomic mass is 10.1. The zero-order valence-corrected chi connectivity index (χ0v) is 9.56. The lowest BCUT2D eigenvalue weighted by molar-refractivity contribution is 0.219. The van der Waals surface area contributed by atoms with Crippen LogP contribution in [0.25, 0.3) is 0 Å². The molecule has 1 saturated heterocycles. The van der Waals surface area contributed by atoms with Crippen LogP contribution in [0.4, 0.5) is 4.79 Å². The molecular weight excluding hydrogens is 204 g/mol. The summed E-state index contributed by atoms with van der Waals surface area (Å²) in [6.07, 6.45) is 0. The molecule has 1 unspecified atom stereocenters. The third-order valence-electron chi connectivity index (χ3n) is 2.89. The van der Waals surface area contributed by atoms with Crippen molar-refractivity contribution < 1.29 is 9.53 Å². The molecule has 1 aliphatic rings. The van der Waals surface area contributed by atoms with Crippen LogP contribution < -0.4 is 10.1 Å². The Bertz CT molecular complexity index is 375. The minimum atomic E-state index is 0.0170. The molecule has 4 heteroatoms. The molecule has 1 aromatic carbocycles. The van der Waals surface area contributed by atoms with Gasteiger partial charge in [-0.15, -0.1) is 0 Å². The Morgan fingerprint density at radius 2 is 2.12 bits per heavy atom. The summed E-state index contributed by atoms with van der Waals surface area (Å²) in [4.78, 5) is 13.3. The summed E-state index contributed by atoms with van der Waals surface area (Å²) in [5, 5.41) is 2.95. The van der Waals surface area contributed by atoms with Crippen LogP contribution in [-0.4, -0.2) is 31.1 Å². The molecule has 2 amide bonds. The van der Waals surface area contributed by atoms with Gasteiger partial charge in [-0.2, -0.15) is 0 Å². The van der Waals surface area contributed by atoms with E-state index >= 15 is 0 Å². The van der Waals surface area contributed by atoms with Gasteiger partial charge >= 0.3 is 6.03 Å². The Labute approximate surface area is 95.2 Å². The second-order valence-corrected chi connectivity index (χ2v) is 3.81. The van der Waals surface area contributed by atoms with E-state index < -0.39 is 0 Å². The highest BCUT2D eigenvalue weighted by Crippen LogP contribution is 2.22. The van der Waals surface area contributed by atoms with Crippen LogP contribution in [0.3, 0.4) is 0 Å². The van der Waals surface area contributed by atoms with E-state index in [9.17, 15) is 4.79 Å². The van der Waals surface area contributed by atoms with E-state index in [2.05, 4.69) is 5.32 Å². The molecule has 86 valence electrons. The Morgan fingerprint density at radius 1 is 1.44 bits per heavy atom. The van der Waals surface area contributed by atoms with Crippen LogP contribution in [0.15, 0.2) is 24.3 Å². The number of carbonyl (C=O) groups excluding carboxylic acids is 1. The molecule has 16 heavy (non-hydrogen) atoms. The maximum absolute atomic E-state index is 11.5. The number of hydrogen-bond donors (Lipinski definition) is 1. The van der Waals surface area contributed by atoms with Crippen LogP contribution in [0.5, 0.6) is 5.75 Å². The molecule has 4 nitrogen and oxygen atoms in total. The van der Waals surface area contributed by atoms with E-state index in [1.807, 2.05) is 31.2 Å². The Morgan fingerprint density at radius 3 is 2.62 bits per heavy atom. The van der Waals surface area contributed by atoms with Crippen molar-refractivity contribution in [3.8, 4) is 5.75 Å². The van der Waals surface area contributed by atoms with Crippen molar-refractivity contribution in [2.45, 2.75) is 13.0 Å². The smallest absolute Gasteiger partial charge is 0.318 e. The van der Waals surface area contributed by atoms with Crippen LogP contribution >= 0.6 is 0 Å². The fourth-order valence-corrected chi connectivity index (χ4v) is 1.89. The summed E-state index contributed by atoms with van der Waals surface area (Å²) in [6.45, 7) is 3.47. The van der Waals surface area contributed by atoms with E-state index in [0.717, 1.165) is 24.4 Å². The topological polar surface area (TPSA) is 41.6 Å². The van der Waals surface area contributed by atoms with Crippen molar-refractivity contribution >= 4 is 6.03 Å². The monoisotopic (exact) mass is 220 g/mol. The Hall–Kier alpha value is -1.71. The Kier molecular flexibility index (Phi) is 2.99. The first-order chi connectivity index (χ1) is 7.74. The van der Waals surface area contributed by atoms with Gasteiger partial charge in [0.25, 0.3) is 0 Å². The van der Waals surface area contributed by atoms with Crippen molar-refractivity contribution in [1.29, 1.82) is 0 Å². The predicted octanol–water partition coefficient (Wildman–Crippen LogP) is 1.78. The number of rotatable bonds is 3. The minimum absolute atomic E-state index is 0.0170. The summed E-state index contributed by atoms with van der Waals surface area (Å²) in [6, 6.07) is 7.92. The number of hydrogen-bond acceptors (Lipinski definition) is 2. The fraction of sp³-hybridized carbons (Fsp3) is 0.417. The Balaban J connectivity index is 2.11. The maximum Gasteiger partial charge on any atom is 0.318 e. The van der Waals surface area contributed by atoms with Gasteiger partial charge in [0.05, 0.1) is 13.2 Å². The molecule has 0 bridgehead atoms. The normalized spacial score (nSPS) is 19.8. The van der Waals surface area contributed by atoms with E-state index in [0.29, 0.717) is 0 Å². The summed E-state index contributed by atoms with van der Waals surface area (Å²) in [5.41, 5.74) is 1.12. The second-order valence-electron chi connectivity index (χ2n) is 3.81. The lowest BCUT2D eigenvalue weighted by Crippen LogP contribution is -2.27. The molecule has 1 heterocycles. The molecule has 0 spiro atoms. The summed E-state index contributed by atoms with van der Waals surface area (Å²) in [7, 11) is 1.64. The molecule has 0 aliphatic carbocycles. The van der Waals surface area contributed by atoms with Crippen molar-refractivity contribution in [2.24, 2.45) is 0 Å². The summed E-state index contributed by atoms with van der Waals surface area (Å²) >= 11 is 0. The lowest BCUT2D eigenvalue weighted by Gasteiger charge is -2.11. The van der Waals surface area contributed by atoms with E-state index in [1.54, 1.807) is 12.0 Å². The number of nitrogens with zero attached hydrogens (tertiary/aromatic N) is 1. The SMILES string of the molecule is CCN1CC(c2ccc(OC)cc2)NC1=O. The molecule has 1 aromatic rings. The quantitative estimate of drug-likeness (QED) is 0.843. The number of ether oxygens (including phenoxy) is 1.